The Labute approximate surface area is 153 Å². The van der Waals surface area contributed by atoms with Crippen LogP contribution in [-0.4, -0.2) is 61.5 Å². The SMILES string of the molecule is CC(C)(NC(=O)CCc1ccc(S(=O)(=O)N2CCOCC2)cc1)C(=O)O. The van der Waals surface area contributed by atoms with Gasteiger partial charge in [-0.3, -0.25) is 4.79 Å². The van der Waals surface area contributed by atoms with Crippen LogP contribution in [0.15, 0.2) is 29.2 Å². The topological polar surface area (TPSA) is 113 Å². The Kier molecular flexibility index (Phi) is 6.38. The zero-order chi connectivity index (χ0) is 19.4. The summed E-state index contributed by atoms with van der Waals surface area (Å²) in [5.74, 6) is -1.48. The van der Waals surface area contributed by atoms with E-state index in [4.69, 9.17) is 9.84 Å². The first-order valence-corrected chi connectivity index (χ1v) is 9.78. The maximum Gasteiger partial charge on any atom is 0.328 e. The van der Waals surface area contributed by atoms with Gasteiger partial charge in [-0.15, -0.1) is 0 Å². The maximum atomic E-state index is 12.5. The van der Waals surface area contributed by atoms with Crippen LogP contribution in [-0.2, 0) is 30.8 Å². The molecule has 0 aromatic heterocycles. The normalized spacial score (nSPS) is 16.2. The molecule has 8 nitrogen and oxygen atoms in total. The highest BCUT2D eigenvalue weighted by Gasteiger charge is 2.29. The van der Waals surface area contributed by atoms with E-state index in [9.17, 15) is 18.0 Å². The minimum Gasteiger partial charge on any atom is -0.480 e. The number of carboxylic acids is 1. The molecule has 1 saturated heterocycles. The first-order valence-electron chi connectivity index (χ1n) is 8.34. The van der Waals surface area contributed by atoms with Gasteiger partial charge in [0.25, 0.3) is 0 Å². The molecule has 1 heterocycles. The molecule has 1 aromatic carbocycles. The van der Waals surface area contributed by atoms with Crippen molar-refractivity contribution in [3.63, 3.8) is 0 Å². The lowest BCUT2D eigenvalue weighted by molar-refractivity contribution is -0.146. The second kappa shape index (κ2) is 8.15. The highest BCUT2D eigenvalue weighted by Crippen LogP contribution is 2.18. The number of hydrogen-bond donors (Lipinski definition) is 2. The van der Waals surface area contributed by atoms with Crippen LogP contribution in [0.4, 0.5) is 0 Å². The fraction of sp³-hybridized carbons (Fsp3) is 0.529. The summed E-state index contributed by atoms with van der Waals surface area (Å²) in [6, 6.07) is 6.39. The van der Waals surface area contributed by atoms with Crippen LogP contribution in [0, 0.1) is 0 Å². The number of amides is 1. The molecule has 1 fully saturated rings. The zero-order valence-corrected chi connectivity index (χ0v) is 15.7. The summed E-state index contributed by atoms with van der Waals surface area (Å²) >= 11 is 0. The largest absolute Gasteiger partial charge is 0.480 e. The lowest BCUT2D eigenvalue weighted by Gasteiger charge is -2.26. The van der Waals surface area contributed by atoms with Gasteiger partial charge in [-0.25, -0.2) is 13.2 Å². The average molecular weight is 384 g/mol. The van der Waals surface area contributed by atoms with Crippen molar-refractivity contribution in [3.05, 3.63) is 29.8 Å². The van der Waals surface area contributed by atoms with E-state index >= 15 is 0 Å². The van der Waals surface area contributed by atoms with Crippen LogP contribution in [0.25, 0.3) is 0 Å². The van der Waals surface area contributed by atoms with E-state index < -0.39 is 21.5 Å². The molecule has 9 heteroatoms. The predicted molar refractivity (Wildman–Crippen MR) is 94.2 cm³/mol. The van der Waals surface area contributed by atoms with Gasteiger partial charge in [0.2, 0.25) is 15.9 Å². The van der Waals surface area contributed by atoms with Crippen molar-refractivity contribution in [1.82, 2.24) is 9.62 Å². The van der Waals surface area contributed by atoms with Crippen molar-refractivity contribution in [3.8, 4) is 0 Å². The molecule has 0 atom stereocenters. The minimum absolute atomic E-state index is 0.117. The number of nitrogens with zero attached hydrogens (tertiary/aromatic N) is 1. The summed E-state index contributed by atoms with van der Waals surface area (Å²) < 4.78 is 31.6. The predicted octanol–water partition coefficient (Wildman–Crippen LogP) is 0.620. The molecule has 26 heavy (non-hydrogen) atoms. The van der Waals surface area contributed by atoms with Crippen molar-refractivity contribution in [2.75, 3.05) is 26.3 Å². The van der Waals surface area contributed by atoms with Crippen LogP contribution < -0.4 is 5.32 Å². The third-order valence-corrected chi connectivity index (χ3v) is 6.07. The monoisotopic (exact) mass is 384 g/mol. The molecule has 0 unspecified atom stereocenters. The molecule has 1 aliphatic heterocycles. The second-order valence-corrected chi connectivity index (χ2v) is 8.58. The Bertz CT molecular complexity index is 752. The van der Waals surface area contributed by atoms with Crippen molar-refractivity contribution in [2.24, 2.45) is 0 Å². The van der Waals surface area contributed by atoms with Gasteiger partial charge < -0.3 is 15.2 Å². The molecule has 1 amide bonds. The van der Waals surface area contributed by atoms with Gasteiger partial charge in [-0.05, 0) is 38.0 Å². The van der Waals surface area contributed by atoms with Crippen molar-refractivity contribution >= 4 is 21.9 Å². The molecule has 1 aromatic rings. The third-order valence-electron chi connectivity index (χ3n) is 4.16. The quantitative estimate of drug-likeness (QED) is 0.713. The molecular weight excluding hydrogens is 360 g/mol. The van der Waals surface area contributed by atoms with E-state index in [1.165, 1.54) is 30.3 Å². The molecule has 0 bridgehead atoms. The Morgan fingerprint density at radius 2 is 1.77 bits per heavy atom. The van der Waals surface area contributed by atoms with Crippen molar-refractivity contribution in [2.45, 2.75) is 37.1 Å². The smallest absolute Gasteiger partial charge is 0.328 e. The summed E-state index contributed by atoms with van der Waals surface area (Å²) in [7, 11) is -3.53. The number of aliphatic carboxylic acids is 1. The number of morpholine rings is 1. The van der Waals surface area contributed by atoms with Gasteiger partial charge in [0, 0.05) is 19.5 Å². The molecule has 0 saturated carbocycles. The molecule has 0 aliphatic carbocycles. The molecule has 1 aliphatic rings. The number of ether oxygens (including phenoxy) is 1. The zero-order valence-electron chi connectivity index (χ0n) is 14.9. The van der Waals surface area contributed by atoms with E-state index in [2.05, 4.69) is 5.32 Å². The first-order chi connectivity index (χ1) is 12.1. The number of sulfonamides is 1. The van der Waals surface area contributed by atoms with Crippen molar-refractivity contribution < 1.29 is 27.9 Å². The van der Waals surface area contributed by atoms with E-state index in [-0.39, 0.29) is 17.2 Å². The summed E-state index contributed by atoms with van der Waals surface area (Å²) in [6.07, 6.45) is 0.506. The first kappa shape index (κ1) is 20.3. The fourth-order valence-electron chi connectivity index (χ4n) is 2.49. The van der Waals surface area contributed by atoms with E-state index in [0.29, 0.717) is 32.7 Å². The van der Waals surface area contributed by atoms with Crippen molar-refractivity contribution in [1.29, 1.82) is 0 Å². The summed E-state index contributed by atoms with van der Waals surface area (Å²) in [5, 5.41) is 11.5. The fourth-order valence-corrected chi connectivity index (χ4v) is 3.89. The number of hydrogen-bond acceptors (Lipinski definition) is 5. The lowest BCUT2D eigenvalue weighted by atomic mass is 10.0. The maximum absolute atomic E-state index is 12.5. The van der Waals surface area contributed by atoms with Crippen LogP contribution in [0.2, 0.25) is 0 Å². The molecule has 0 radical (unpaired) electrons. The van der Waals surface area contributed by atoms with E-state index in [1.807, 2.05) is 0 Å². The number of benzene rings is 1. The van der Waals surface area contributed by atoms with Gasteiger partial charge in [-0.2, -0.15) is 4.31 Å². The Hall–Kier alpha value is -1.97. The number of carboxylic acid groups (broad SMARTS) is 1. The number of aryl methyl sites for hydroxylation is 1. The highest BCUT2D eigenvalue weighted by atomic mass is 32.2. The number of carbonyl (C=O) groups is 2. The minimum atomic E-state index is -3.53. The van der Waals surface area contributed by atoms with E-state index in [0.717, 1.165) is 5.56 Å². The third kappa shape index (κ3) is 5.03. The number of rotatable bonds is 7. The molecule has 144 valence electrons. The summed E-state index contributed by atoms with van der Waals surface area (Å²) in [5.41, 5.74) is -0.526. The molecule has 2 rings (SSSR count). The van der Waals surface area contributed by atoms with Crippen LogP contribution in [0.5, 0.6) is 0 Å². The van der Waals surface area contributed by atoms with Crippen LogP contribution in [0.1, 0.15) is 25.8 Å². The van der Waals surface area contributed by atoms with Gasteiger partial charge >= 0.3 is 5.97 Å². The van der Waals surface area contributed by atoms with Crippen LogP contribution >= 0.6 is 0 Å². The standard InChI is InChI=1S/C17H24N2O6S/c1-17(2,16(21)22)18-15(20)8-5-13-3-6-14(7-4-13)26(23,24)19-9-11-25-12-10-19/h3-4,6-7H,5,8-12H2,1-2H3,(H,18,20)(H,21,22). The van der Waals surface area contributed by atoms with E-state index in [1.54, 1.807) is 12.1 Å². The Morgan fingerprint density at radius 3 is 2.31 bits per heavy atom. The summed E-state index contributed by atoms with van der Waals surface area (Å²) in [4.78, 5) is 23.1. The molecule has 2 N–H and O–H groups in total. The van der Waals surface area contributed by atoms with Gasteiger partial charge in [0.15, 0.2) is 0 Å². The number of nitrogens with one attached hydrogen (secondary N) is 1. The van der Waals surface area contributed by atoms with Gasteiger partial charge in [-0.1, -0.05) is 12.1 Å². The lowest BCUT2D eigenvalue weighted by Crippen LogP contribution is -2.49. The Morgan fingerprint density at radius 1 is 1.19 bits per heavy atom. The molecular formula is C17H24N2O6S. The second-order valence-electron chi connectivity index (χ2n) is 6.64. The Balaban J connectivity index is 1.95. The van der Waals surface area contributed by atoms with Gasteiger partial charge in [0.1, 0.15) is 5.54 Å². The highest BCUT2D eigenvalue weighted by molar-refractivity contribution is 7.89. The van der Waals surface area contributed by atoms with Crippen LogP contribution in [0.3, 0.4) is 0 Å². The number of carbonyl (C=O) groups excluding carboxylic acids is 1. The summed E-state index contributed by atoms with van der Waals surface area (Å²) in [6.45, 7) is 4.28. The average Bonchev–Trinajstić information content (AvgIpc) is 2.60. The molecule has 0 spiro atoms. The van der Waals surface area contributed by atoms with Gasteiger partial charge in [0.05, 0.1) is 18.1 Å².